The quantitative estimate of drug-likeness (QED) is 0.912. The van der Waals surface area contributed by atoms with Crippen LogP contribution in [0.25, 0.3) is 0 Å². The second-order valence-corrected chi connectivity index (χ2v) is 7.18. The summed E-state index contributed by atoms with van der Waals surface area (Å²) in [5.41, 5.74) is -0.464. The number of rotatable bonds is 4. The lowest BCUT2D eigenvalue weighted by molar-refractivity contribution is 0.300. The van der Waals surface area contributed by atoms with Crippen molar-refractivity contribution in [1.82, 2.24) is 9.29 Å². The third-order valence-electron chi connectivity index (χ3n) is 3.72. The van der Waals surface area contributed by atoms with Crippen LogP contribution in [-0.2, 0) is 10.0 Å². The van der Waals surface area contributed by atoms with Gasteiger partial charge in [-0.2, -0.15) is 0 Å². The summed E-state index contributed by atoms with van der Waals surface area (Å²) in [6.07, 6.45) is 8.42. The van der Waals surface area contributed by atoms with E-state index in [1.54, 1.807) is 7.05 Å². The Bertz CT molecular complexity index is 574. The maximum Gasteiger partial charge on any atom is 0.248 e. The van der Waals surface area contributed by atoms with Gasteiger partial charge in [-0.1, -0.05) is 19.3 Å². The standard InChI is InChI=1S/C13H20N2O3S/c1-15(10-11-5-3-2-4-6-11)19(17,18)13-9-14-8-7-12(13)16/h7-9,11H,2-6,10H2,1H3,(H,14,16). The maximum atomic E-state index is 12.3. The van der Waals surface area contributed by atoms with Crippen molar-refractivity contribution in [3.63, 3.8) is 0 Å². The Morgan fingerprint density at radius 1 is 1.32 bits per heavy atom. The Morgan fingerprint density at radius 3 is 2.63 bits per heavy atom. The SMILES string of the molecule is CN(CC1CCCCC1)S(=O)(=O)c1c[nH]ccc1=O. The van der Waals surface area contributed by atoms with Crippen molar-refractivity contribution >= 4 is 10.0 Å². The van der Waals surface area contributed by atoms with Crippen molar-refractivity contribution in [2.45, 2.75) is 37.0 Å². The zero-order valence-corrected chi connectivity index (χ0v) is 11.9. The highest BCUT2D eigenvalue weighted by Crippen LogP contribution is 2.25. The van der Waals surface area contributed by atoms with Crippen LogP contribution in [0, 0.1) is 5.92 Å². The van der Waals surface area contributed by atoms with Crippen LogP contribution in [-0.4, -0.2) is 31.3 Å². The molecule has 0 saturated heterocycles. The first-order valence-corrected chi connectivity index (χ1v) is 8.09. The Kier molecular flexibility index (Phi) is 4.42. The van der Waals surface area contributed by atoms with Gasteiger partial charge in [0.2, 0.25) is 15.5 Å². The highest BCUT2D eigenvalue weighted by Gasteiger charge is 2.26. The average molecular weight is 284 g/mol. The zero-order valence-electron chi connectivity index (χ0n) is 11.1. The molecule has 19 heavy (non-hydrogen) atoms. The molecule has 0 unspecified atom stereocenters. The molecular formula is C13H20N2O3S. The van der Waals surface area contributed by atoms with Crippen molar-refractivity contribution in [2.24, 2.45) is 5.92 Å². The molecule has 0 spiro atoms. The van der Waals surface area contributed by atoms with Crippen molar-refractivity contribution in [3.05, 3.63) is 28.7 Å². The third-order valence-corrected chi connectivity index (χ3v) is 5.56. The number of aromatic amines is 1. The van der Waals surface area contributed by atoms with E-state index in [4.69, 9.17) is 0 Å². The van der Waals surface area contributed by atoms with Gasteiger partial charge in [0.05, 0.1) is 0 Å². The van der Waals surface area contributed by atoms with E-state index in [2.05, 4.69) is 4.98 Å². The smallest absolute Gasteiger partial charge is 0.248 e. The van der Waals surface area contributed by atoms with Gasteiger partial charge in [0.25, 0.3) is 0 Å². The van der Waals surface area contributed by atoms with Crippen molar-refractivity contribution in [2.75, 3.05) is 13.6 Å². The molecule has 1 N–H and O–H groups in total. The number of H-pyrrole nitrogens is 1. The maximum absolute atomic E-state index is 12.3. The van der Waals surface area contributed by atoms with E-state index in [1.165, 1.54) is 42.0 Å². The van der Waals surface area contributed by atoms with Crippen LogP contribution in [0.4, 0.5) is 0 Å². The van der Waals surface area contributed by atoms with Crippen LogP contribution in [0.3, 0.4) is 0 Å². The first kappa shape index (κ1) is 14.3. The molecule has 1 aliphatic carbocycles. The molecule has 1 aliphatic rings. The summed E-state index contributed by atoms with van der Waals surface area (Å²) in [6, 6.07) is 1.24. The molecule has 0 aliphatic heterocycles. The van der Waals surface area contributed by atoms with Crippen molar-refractivity contribution in [1.29, 1.82) is 0 Å². The molecule has 0 atom stereocenters. The highest BCUT2D eigenvalue weighted by molar-refractivity contribution is 7.89. The minimum absolute atomic E-state index is 0.173. The van der Waals surface area contributed by atoms with Crippen molar-refractivity contribution in [3.8, 4) is 0 Å². The fraction of sp³-hybridized carbons (Fsp3) is 0.615. The second-order valence-electron chi connectivity index (χ2n) is 5.16. The van der Waals surface area contributed by atoms with E-state index in [1.807, 2.05) is 0 Å². The molecule has 0 amide bonds. The molecule has 5 nitrogen and oxygen atoms in total. The molecule has 0 bridgehead atoms. The van der Waals surface area contributed by atoms with Crippen LogP contribution in [0.1, 0.15) is 32.1 Å². The Balaban J connectivity index is 2.15. The number of hydrogen-bond donors (Lipinski definition) is 1. The van der Waals surface area contributed by atoms with E-state index < -0.39 is 15.5 Å². The highest BCUT2D eigenvalue weighted by atomic mass is 32.2. The van der Waals surface area contributed by atoms with Crippen LogP contribution in [0.15, 0.2) is 28.2 Å². The lowest BCUT2D eigenvalue weighted by Gasteiger charge is -2.26. The molecule has 1 aromatic rings. The molecule has 6 heteroatoms. The number of hydrogen-bond acceptors (Lipinski definition) is 3. The Morgan fingerprint density at radius 2 is 2.00 bits per heavy atom. The Labute approximate surface area is 113 Å². The van der Waals surface area contributed by atoms with Crippen LogP contribution in [0.5, 0.6) is 0 Å². The molecule has 1 saturated carbocycles. The van der Waals surface area contributed by atoms with E-state index in [0.29, 0.717) is 12.5 Å². The summed E-state index contributed by atoms with van der Waals surface area (Å²) < 4.78 is 26.0. The summed E-state index contributed by atoms with van der Waals surface area (Å²) >= 11 is 0. The van der Waals surface area contributed by atoms with Gasteiger partial charge in [-0.3, -0.25) is 4.79 Å². The minimum Gasteiger partial charge on any atom is -0.366 e. The van der Waals surface area contributed by atoms with E-state index >= 15 is 0 Å². The minimum atomic E-state index is -3.68. The van der Waals surface area contributed by atoms with Crippen LogP contribution >= 0.6 is 0 Å². The fourth-order valence-corrected chi connectivity index (χ4v) is 3.88. The van der Waals surface area contributed by atoms with Gasteiger partial charge in [0.1, 0.15) is 4.90 Å². The zero-order chi connectivity index (χ0) is 13.9. The van der Waals surface area contributed by atoms with E-state index in [9.17, 15) is 13.2 Å². The lowest BCUT2D eigenvalue weighted by Crippen LogP contribution is -2.35. The molecule has 1 aromatic heterocycles. The van der Waals surface area contributed by atoms with Gasteiger partial charge in [-0.05, 0) is 18.8 Å². The van der Waals surface area contributed by atoms with Gasteiger partial charge in [-0.25, -0.2) is 12.7 Å². The predicted molar refractivity (Wildman–Crippen MR) is 73.5 cm³/mol. The molecule has 1 heterocycles. The normalized spacial score (nSPS) is 17.8. The molecule has 2 rings (SSSR count). The summed E-state index contributed by atoms with van der Waals surface area (Å²) in [5.74, 6) is 0.413. The molecular weight excluding hydrogens is 264 g/mol. The van der Waals surface area contributed by atoms with Gasteiger partial charge in [0.15, 0.2) is 0 Å². The first-order chi connectivity index (χ1) is 9.01. The van der Waals surface area contributed by atoms with Crippen LogP contribution in [0.2, 0.25) is 0 Å². The topological polar surface area (TPSA) is 70.2 Å². The molecule has 0 aromatic carbocycles. The van der Waals surface area contributed by atoms with Gasteiger partial charge in [0, 0.05) is 32.1 Å². The summed E-state index contributed by atoms with van der Waals surface area (Å²) in [7, 11) is -2.13. The van der Waals surface area contributed by atoms with Crippen LogP contribution < -0.4 is 5.43 Å². The fourth-order valence-electron chi connectivity index (χ4n) is 2.60. The first-order valence-electron chi connectivity index (χ1n) is 6.65. The lowest BCUT2D eigenvalue weighted by atomic mass is 9.89. The van der Waals surface area contributed by atoms with Gasteiger partial charge in [-0.15, -0.1) is 0 Å². The Hall–Kier alpha value is -1.14. The number of nitrogens with one attached hydrogen (secondary N) is 1. The summed E-state index contributed by atoms with van der Waals surface area (Å²) in [5, 5.41) is 0. The van der Waals surface area contributed by atoms with Crippen molar-refractivity contribution < 1.29 is 8.42 Å². The van der Waals surface area contributed by atoms with E-state index in [0.717, 1.165) is 12.8 Å². The largest absolute Gasteiger partial charge is 0.366 e. The summed E-state index contributed by atoms with van der Waals surface area (Å²) in [4.78, 5) is 14.1. The number of aromatic nitrogens is 1. The molecule has 0 radical (unpaired) electrons. The second kappa shape index (κ2) is 5.88. The number of nitrogens with zero attached hydrogens (tertiary/aromatic N) is 1. The number of sulfonamides is 1. The van der Waals surface area contributed by atoms with Gasteiger partial charge >= 0.3 is 0 Å². The monoisotopic (exact) mass is 284 g/mol. The predicted octanol–water partition coefficient (Wildman–Crippen LogP) is 1.58. The third kappa shape index (κ3) is 3.25. The molecule has 1 fully saturated rings. The summed E-state index contributed by atoms with van der Waals surface area (Å²) in [6.45, 7) is 0.497. The van der Waals surface area contributed by atoms with Gasteiger partial charge < -0.3 is 4.98 Å². The van der Waals surface area contributed by atoms with E-state index in [-0.39, 0.29) is 4.90 Å². The average Bonchev–Trinajstić information content (AvgIpc) is 2.40. The number of pyridine rings is 1. The molecule has 106 valence electrons.